The second-order valence-electron chi connectivity index (χ2n) is 10.0. The molecular weight excluding hydrogens is 572 g/mol. The first kappa shape index (κ1) is 29.5. The van der Waals surface area contributed by atoms with Crippen LogP contribution in [0.3, 0.4) is 0 Å². The van der Waals surface area contributed by atoms with Crippen molar-refractivity contribution in [3.8, 4) is 0 Å². The molecule has 0 saturated heterocycles. The summed E-state index contributed by atoms with van der Waals surface area (Å²) in [7, 11) is 0. The average Bonchev–Trinajstić information content (AvgIpc) is 3.42. The number of aromatic nitrogens is 2. The Morgan fingerprint density at radius 2 is 1.76 bits per heavy atom. The number of carbonyl (C=O) groups excluding carboxylic acids is 2. The molecule has 1 aliphatic heterocycles. The number of amides is 1. The summed E-state index contributed by atoms with van der Waals surface area (Å²) in [6.45, 7) is 10.9. The van der Waals surface area contributed by atoms with Gasteiger partial charge in [-0.05, 0) is 64.5 Å². The van der Waals surface area contributed by atoms with Gasteiger partial charge < -0.3 is 14.2 Å². The molecule has 2 aromatic heterocycles. The maximum Gasteiger partial charge on any atom is 0.325 e. The average molecular weight is 605 g/mol. The molecule has 0 unspecified atom stereocenters. The van der Waals surface area contributed by atoms with E-state index in [4.69, 9.17) is 21.3 Å². The molecule has 3 heterocycles. The smallest absolute Gasteiger partial charge is 0.325 e. The molecule has 42 heavy (non-hydrogen) atoms. The Bertz CT molecular complexity index is 1900. The molecule has 0 fully saturated rings. The van der Waals surface area contributed by atoms with Crippen LogP contribution in [0.1, 0.15) is 50.6 Å². The van der Waals surface area contributed by atoms with Gasteiger partial charge in [0.05, 0.1) is 28.5 Å². The Morgan fingerprint density at radius 3 is 2.43 bits per heavy atom. The summed E-state index contributed by atoms with van der Waals surface area (Å²) in [6.07, 6.45) is 1.87. The van der Waals surface area contributed by atoms with Crippen LogP contribution in [0.4, 0.5) is 0 Å². The van der Waals surface area contributed by atoms with Crippen molar-refractivity contribution in [1.29, 1.82) is 0 Å². The lowest BCUT2D eigenvalue weighted by Crippen LogP contribution is -2.43. The zero-order valence-electron chi connectivity index (χ0n) is 24.3. The molecule has 0 bridgehead atoms. The van der Waals surface area contributed by atoms with Crippen LogP contribution in [-0.2, 0) is 20.9 Å². The van der Waals surface area contributed by atoms with Crippen molar-refractivity contribution in [3.05, 3.63) is 101 Å². The van der Waals surface area contributed by atoms with Gasteiger partial charge in [0, 0.05) is 40.3 Å². The molecule has 0 radical (unpaired) electrons. The van der Waals surface area contributed by atoms with E-state index in [1.54, 1.807) is 28.5 Å². The minimum absolute atomic E-state index is 0.0713. The molecule has 0 spiro atoms. The molecule has 1 atom stereocenters. The number of rotatable bonds is 8. The molecule has 218 valence electrons. The fraction of sp³-hybridized carbons (Fsp3) is 0.312. The van der Waals surface area contributed by atoms with Crippen molar-refractivity contribution in [2.24, 2.45) is 4.99 Å². The molecule has 0 aliphatic carbocycles. The molecule has 4 aromatic rings. The largest absolute Gasteiger partial charge is 0.465 e. The van der Waals surface area contributed by atoms with E-state index in [1.807, 2.05) is 74.7 Å². The third-order valence-electron chi connectivity index (χ3n) is 7.64. The van der Waals surface area contributed by atoms with Gasteiger partial charge in [0.2, 0.25) is 0 Å². The summed E-state index contributed by atoms with van der Waals surface area (Å²) < 4.78 is 9.23. The fourth-order valence-corrected chi connectivity index (χ4v) is 6.70. The molecule has 1 amide bonds. The standard InChI is InChI=1S/C32H33ClN4O4S/c1-6-35(7-2)31(40)28-19(4)34-32-37(29(28)21-13-15-22(33)16-14-21)30(39)26(42-32)17-24-20(5)36(18-27(38)41-8-3)25-12-10-9-11-23(24)25/h9-17,29H,6-8,18H2,1-5H3/b26-17+/t29-/m1/s1. The van der Waals surface area contributed by atoms with Gasteiger partial charge in [-0.25, -0.2) is 4.99 Å². The van der Waals surface area contributed by atoms with Crippen molar-refractivity contribution >= 4 is 51.8 Å². The van der Waals surface area contributed by atoms with Crippen LogP contribution in [0, 0.1) is 6.92 Å². The molecule has 5 rings (SSSR count). The van der Waals surface area contributed by atoms with E-state index < -0.39 is 6.04 Å². The van der Waals surface area contributed by atoms with E-state index in [0.717, 1.165) is 27.7 Å². The summed E-state index contributed by atoms with van der Waals surface area (Å²) in [4.78, 5) is 47.4. The van der Waals surface area contributed by atoms with Gasteiger partial charge in [-0.3, -0.25) is 19.0 Å². The number of hydrogen-bond donors (Lipinski definition) is 0. The zero-order chi connectivity index (χ0) is 30.1. The highest BCUT2D eigenvalue weighted by Gasteiger charge is 2.34. The van der Waals surface area contributed by atoms with Gasteiger partial charge in [0.25, 0.3) is 11.5 Å². The Hall–Kier alpha value is -3.95. The Labute approximate surface area is 252 Å². The highest BCUT2D eigenvalue weighted by molar-refractivity contribution is 7.07. The topological polar surface area (TPSA) is 85.9 Å². The number of halogens is 1. The maximum absolute atomic E-state index is 14.2. The predicted molar refractivity (Wildman–Crippen MR) is 166 cm³/mol. The summed E-state index contributed by atoms with van der Waals surface area (Å²) in [6, 6.07) is 14.4. The lowest BCUT2D eigenvalue weighted by Gasteiger charge is -2.29. The summed E-state index contributed by atoms with van der Waals surface area (Å²) in [5.41, 5.74) is 4.17. The molecular formula is C32H33ClN4O4S. The second-order valence-corrected chi connectivity index (χ2v) is 11.5. The number of ether oxygens (including phenoxy) is 1. The van der Waals surface area contributed by atoms with Gasteiger partial charge in [-0.2, -0.15) is 0 Å². The first-order valence-electron chi connectivity index (χ1n) is 14.0. The van der Waals surface area contributed by atoms with Crippen LogP contribution in [0.25, 0.3) is 17.0 Å². The second kappa shape index (κ2) is 12.1. The van der Waals surface area contributed by atoms with Crippen LogP contribution in [0.15, 0.2) is 69.6 Å². The van der Waals surface area contributed by atoms with E-state index in [-0.39, 0.29) is 24.0 Å². The number of carbonyl (C=O) groups is 2. The third-order valence-corrected chi connectivity index (χ3v) is 8.87. The minimum atomic E-state index is -0.653. The maximum atomic E-state index is 14.2. The van der Waals surface area contributed by atoms with Gasteiger partial charge in [0.1, 0.15) is 6.54 Å². The summed E-state index contributed by atoms with van der Waals surface area (Å²) in [5.74, 6) is -0.468. The van der Waals surface area contributed by atoms with E-state index >= 15 is 0 Å². The van der Waals surface area contributed by atoms with E-state index in [0.29, 0.717) is 45.3 Å². The van der Waals surface area contributed by atoms with Crippen LogP contribution < -0.4 is 14.9 Å². The molecule has 10 heteroatoms. The number of benzene rings is 2. The predicted octanol–water partition coefficient (Wildman–Crippen LogP) is 4.58. The molecule has 8 nitrogen and oxygen atoms in total. The van der Waals surface area contributed by atoms with Crippen LogP contribution in [0.2, 0.25) is 5.02 Å². The minimum Gasteiger partial charge on any atom is -0.465 e. The number of hydrogen-bond acceptors (Lipinski definition) is 6. The molecule has 2 aromatic carbocycles. The molecule has 0 N–H and O–H groups in total. The first-order chi connectivity index (χ1) is 20.2. The number of fused-ring (bicyclic) bond motifs is 2. The summed E-state index contributed by atoms with van der Waals surface area (Å²) >= 11 is 7.49. The van der Waals surface area contributed by atoms with Crippen LogP contribution in [-0.4, -0.2) is 45.6 Å². The highest BCUT2D eigenvalue weighted by Crippen LogP contribution is 2.32. The Kier molecular flexibility index (Phi) is 8.52. The highest BCUT2D eigenvalue weighted by atomic mass is 35.5. The van der Waals surface area contributed by atoms with Crippen molar-refractivity contribution in [1.82, 2.24) is 14.0 Å². The fourth-order valence-electron chi connectivity index (χ4n) is 5.55. The Balaban J connectivity index is 1.73. The number of likely N-dealkylation sites (N-methyl/N-ethyl adjacent to an activating group) is 1. The number of thiazole rings is 1. The van der Waals surface area contributed by atoms with E-state index in [2.05, 4.69) is 0 Å². The van der Waals surface area contributed by atoms with Crippen molar-refractivity contribution < 1.29 is 14.3 Å². The summed E-state index contributed by atoms with van der Waals surface area (Å²) in [5, 5.41) is 1.49. The van der Waals surface area contributed by atoms with Crippen molar-refractivity contribution in [2.75, 3.05) is 19.7 Å². The number of nitrogens with zero attached hydrogens (tertiary/aromatic N) is 4. The third kappa shape index (κ3) is 5.23. The van der Waals surface area contributed by atoms with Gasteiger partial charge in [0.15, 0.2) is 4.80 Å². The normalized spacial score (nSPS) is 15.1. The first-order valence-corrected chi connectivity index (χ1v) is 15.2. The van der Waals surface area contributed by atoms with Gasteiger partial charge in [-0.15, -0.1) is 0 Å². The van der Waals surface area contributed by atoms with Gasteiger partial charge >= 0.3 is 5.97 Å². The Morgan fingerprint density at radius 1 is 1.07 bits per heavy atom. The lowest BCUT2D eigenvalue weighted by atomic mass is 9.94. The van der Waals surface area contributed by atoms with Crippen LogP contribution in [0.5, 0.6) is 0 Å². The number of para-hydroxylation sites is 1. The molecule has 0 saturated carbocycles. The van der Waals surface area contributed by atoms with E-state index in [1.165, 1.54) is 11.3 Å². The zero-order valence-corrected chi connectivity index (χ0v) is 25.9. The lowest BCUT2D eigenvalue weighted by molar-refractivity contribution is -0.143. The quantitative estimate of drug-likeness (QED) is 0.276. The monoisotopic (exact) mass is 604 g/mol. The van der Waals surface area contributed by atoms with Crippen molar-refractivity contribution in [2.45, 2.75) is 47.2 Å². The van der Waals surface area contributed by atoms with Crippen molar-refractivity contribution in [3.63, 3.8) is 0 Å². The number of esters is 1. The van der Waals surface area contributed by atoms with E-state index in [9.17, 15) is 14.4 Å². The van der Waals surface area contributed by atoms with Gasteiger partial charge in [-0.1, -0.05) is 53.3 Å². The number of allylic oxidation sites excluding steroid dienone is 1. The SMILES string of the molecule is CCOC(=O)Cn1c(C)c(/C=c2/sc3n(c2=O)[C@H](c2ccc(Cl)cc2)C(C(=O)N(CC)CC)=C(C)N=3)c2ccccc21. The molecule has 1 aliphatic rings. The van der Waals surface area contributed by atoms with Crippen LogP contribution >= 0.6 is 22.9 Å².